The Morgan fingerprint density at radius 3 is 2.71 bits per heavy atom. The number of nitrogens with one attached hydrogen (secondary N) is 2. The molecule has 0 unspecified atom stereocenters. The molecule has 1 aliphatic heterocycles. The van der Waals surface area contributed by atoms with E-state index < -0.39 is 24.0 Å². The van der Waals surface area contributed by atoms with Gasteiger partial charge in [-0.1, -0.05) is 18.2 Å². The number of anilines is 3. The Balaban J connectivity index is 1.88. The second kappa shape index (κ2) is 6.89. The van der Waals surface area contributed by atoms with Crippen LogP contribution in [-0.4, -0.2) is 48.5 Å². The number of aliphatic hydroxyl groups excluding tert-OH is 2. The number of hydrogen-bond donors (Lipinski definition) is 5. The largest absolute Gasteiger partial charge is 0.394 e. The van der Waals surface area contributed by atoms with Crippen LogP contribution < -0.4 is 16.6 Å². The van der Waals surface area contributed by atoms with Crippen LogP contribution in [0.15, 0.2) is 23.0 Å². The molecule has 1 aromatic carbocycles. The summed E-state index contributed by atoms with van der Waals surface area (Å²) in [6.45, 7) is 3.60. The first-order chi connectivity index (χ1) is 13.4. The fourth-order valence-electron chi connectivity index (χ4n) is 3.52. The highest BCUT2D eigenvalue weighted by molar-refractivity contribution is 5.77. The minimum atomic E-state index is -0.847. The predicted octanol–water partition coefficient (Wildman–Crippen LogP) is 0.703. The van der Waals surface area contributed by atoms with Crippen molar-refractivity contribution >= 4 is 28.7 Å². The molecule has 148 valence electrons. The molecule has 3 atom stereocenters. The number of nitrogens with two attached hydrogens (primary N) is 1. The predicted molar refractivity (Wildman–Crippen MR) is 103 cm³/mol. The lowest BCUT2D eigenvalue weighted by atomic mass is 10.1. The van der Waals surface area contributed by atoms with Crippen LogP contribution in [0.2, 0.25) is 0 Å². The van der Waals surface area contributed by atoms with Gasteiger partial charge in [-0.2, -0.15) is 4.98 Å². The van der Waals surface area contributed by atoms with Gasteiger partial charge in [0, 0.05) is 12.1 Å². The standard InChI is InChI=1S/C18H22N6O4/c1-8-4-3-5-9(2)13(8)20-18-21-14-15(22-17(19)23-16(14)27)24(18)12-6-10(26)11(7-25)28-12/h3-5,10-12,25-26H,6-7H2,1-2H3,(H,20,21)(H3,19,22,23,27)/t10-,11+,12+/m1/s1. The molecule has 0 amide bonds. The van der Waals surface area contributed by atoms with Crippen molar-refractivity contribution in [3.63, 3.8) is 0 Å². The lowest BCUT2D eigenvalue weighted by Crippen LogP contribution is -2.24. The van der Waals surface area contributed by atoms with Crippen LogP contribution in [0, 0.1) is 13.8 Å². The first-order valence-corrected chi connectivity index (χ1v) is 8.94. The van der Waals surface area contributed by atoms with E-state index in [2.05, 4.69) is 20.3 Å². The maximum atomic E-state index is 12.3. The molecule has 6 N–H and O–H groups in total. The zero-order valence-corrected chi connectivity index (χ0v) is 15.5. The summed E-state index contributed by atoms with van der Waals surface area (Å²) in [6.07, 6.45) is -2.03. The van der Waals surface area contributed by atoms with Crippen LogP contribution in [0.5, 0.6) is 0 Å². The van der Waals surface area contributed by atoms with Gasteiger partial charge in [-0.05, 0) is 25.0 Å². The summed E-state index contributed by atoms with van der Waals surface area (Å²) in [7, 11) is 0. The molecule has 0 radical (unpaired) electrons. The number of nitrogen functional groups attached to an aromatic ring is 1. The molecule has 2 aromatic heterocycles. The van der Waals surface area contributed by atoms with E-state index in [4.69, 9.17) is 10.5 Å². The summed E-state index contributed by atoms with van der Waals surface area (Å²) in [5, 5.41) is 22.8. The summed E-state index contributed by atoms with van der Waals surface area (Å²) >= 11 is 0. The fourth-order valence-corrected chi connectivity index (χ4v) is 3.52. The van der Waals surface area contributed by atoms with Gasteiger partial charge in [0.1, 0.15) is 12.3 Å². The Morgan fingerprint density at radius 2 is 2.07 bits per heavy atom. The number of aromatic amines is 1. The molecular weight excluding hydrogens is 364 g/mol. The van der Waals surface area contributed by atoms with Crippen molar-refractivity contribution in [1.82, 2.24) is 19.5 Å². The van der Waals surface area contributed by atoms with E-state index in [9.17, 15) is 15.0 Å². The second-order valence-electron chi connectivity index (χ2n) is 6.94. The number of H-pyrrole nitrogens is 1. The molecule has 1 aliphatic rings. The summed E-state index contributed by atoms with van der Waals surface area (Å²) in [4.78, 5) is 23.4. The lowest BCUT2D eigenvalue weighted by Gasteiger charge is -2.18. The van der Waals surface area contributed by atoms with Gasteiger partial charge in [-0.25, -0.2) is 4.98 Å². The number of aromatic nitrogens is 4. The normalized spacial score (nSPS) is 22.1. The number of benzene rings is 1. The minimum Gasteiger partial charge on any atom is -0.394 e. The quantitative estimate of drug-likeness (QED) is 0.439. The smallest absolute Gasteiger partial charge is 0.280 e. The molecule has 0 saturated carbocycles. The van der Waals surface area contributed by atoms with Crippen molar-refractivity contribution in [1.29, 1.82) is 0 Å². The van der Waals surface area contributed by atoms with Crippen LogP contribution in [0.3, 0.4) is 0 Å². The average molecular weight is 386 g/mol. The zero-order valence-electron chi connectivity index (χ0n) is 15.5. The summed E-state index contributed by atoms with van der Waals surface area (Å²) in [5.41, 5.74) is 8.45. The Labute approximate surface area is 160 Å². The van der Waals surface area contributed by atoms with Crippen molar-refractivity contribution in [2.45, 2.75) is 38.7 Å². The molecular formula is C18H22N6O4. The van der Waals surface area contributed by atoms with E-state index in [0.717, 1.165) is 16.8 Å². The molecule has 0 spiro atoms. The number of fused-ring (bicyclic) bond motifs is 1. The van der Waals surface area contributed by atoms with Gasteiger partial charge in [0.05, 0.1) is 12.7 Å². The van der Waals surface area contributed by atoms with Crippen LogP contribution in [0.1, 0.15) is 23.8 Å². The zero-order chi connectivity index (χ0) is 20.0. The van der Waals surface area contributed by atoms with Crippen molar-refractivity contribution in [2.24, 2.45) is 0 Å². The Morgan fingerprint density at radius 1 is 1.36 bits per heavy atom. The van der Waals surface area contributed by atoms with Gasteiger partial charge in [-0.15, -0.1) is 0 Å². The molecule has 0 bridgehead atoms. The highest BCUT2D eigenvalue weighted by Crippen LogP contribution is 2.35. The number of rotatable bonds is 4. The highest BCUT2D eigenvalue weighted by atomic mass is 16.5. The number of aliphatic hydroxyl groups is 2. The molecule has 4 rings (SSSR count). The molecule has 28 heavy (non-hydrogen) atoms. The average Bonchev–Trinajstić information content (AvgIpc) is 3.18. The number of aryl methyl sites for hydroxylation is 2. The van der Waals surface area contributed by atoms with E-state index in [0.29, 0.717) is 5.95 Å². The van der Waals surface area contributed by atoms with E-state index in [1.807, 2.05) is 32.0 Å². The van der Waals surface area contributed by atoms with E-state index in [-0.39, 0.29) is 30.1 Å². The second-order valence-corrected chi connectivity index (χ2v) is 6.94. The van der Waals surface area contributed by atoms with Crippen LogP contribution in [-0.2, 0) is 4.74 Å². The summed E-state index contributed by atoms with van der Waals surface area (Å²) < 4.78 is 7.39. The van der Waals surface area contributed by atoms with Crippen molar-refractivity contribution in [3.8, 4) is 0 Å². The molecule has 3 aromatic rings. The molecule has 10 heteroatoms. The molecule has 0 aliphatic carbocycles. The maximum Gasteiger partial charge on any atom is 0.280 e. The van der Waals surface area contributed by atoms with Crippen molar-refractivity contribution in [2.75, 3.05) is 17.7 Å². The van der Waals surface area contributed by atoms with E-state index in [1.165, 1.54) is 0 Å². The summed E-state index contributed by atoms with van der Waals surface area (Å²) in [5.74, 6) is 0.293. The third-order valence-corrected chi connectivity index (χ3v) is 4.96. The lowest BCUT2D eigenvalue weighted by molar-refractivity contribution is -0.0425. The van der Waals surface area contributed by atoms with E-state index in [1.54, 1.807) is 4.57 Å². The molecule has 10 nitrogen and oxygen atoms in total. The van der Waals surface area contributed by atoms with Gasteiger partial charge in [-0.3, -0.25) is 14.3 Å². The van der Waals surface area contributed by atoms with Gasteiger partial charge in [0.2, 0.25) is 11.9 Å². The number of imidazole rings is 1. The Bertz CT molecular complexity index is 1070. The number of nitrogens with zero attached hydrogens (tertiary/aromatic N) is 3. The SMILES string of the molecule is Cc1cccc(C)c1Nc1nc2c(=O)[nH]c(N)nc2n1[C@@H]1C[C@@H](O)[C@H](CO)O1. The Hall–Kier alpha value is -2.95. The number of hydrogen-bond acceptors (Lipinski definition) is 8. The third kappa shape index (κ3) is 3.01. The summed E-state index contributed by atoms with van der Waals surface area (Å²) in [6, 6.07) is 5.88. The Kier molecular flexibility index (Phi) is 4.53. The van der Waals surface area contributed by atoms with Gasteiger partial charge >= 0.3 is 0 Å². The number of ether oxygens (including phenoxy) is 1. The highest BCUT2D eigenvalue weighted by Gasteiger charge is 2.37. The minimum absolute atomic E-state index is 0.0467. The topological polar surface area (TPSA) is 151 Å². The van der Waals surface area contributed by atoms with Gasteiger partial charge in [0.25, 0.3) is 5.56 Å². The van der Waals surface area contributed by atoms with Gasteiger partial charge in [0.15, 0.2) is 11.2 Å². The maximum absolute atomic E-state index is 12.3. The molecule has 3 heterocycles. The van der Waals surface area contributed by atoms with Gasteiger partial charge < -0.3 is 26.0 Å². The third-order valence-electron chi connectivity index (χ3n) is 4.96. The van der Waals surface area contributed by atoms with Crippen molar-refractivity contribution in [3.05, 3.63) is 39.7 Å². The first kappa shape index (κ1) is 18.4. The van der Waals surface area contributed by atoms with Crippen molar-refractivity contribution < 1.29 is 14.9 Å². The first-order valence-electron chi connectivity index (χ1n) is 8.94. The monoisotopic (exact) mass is 386 g/mol. The molecule has 1 fully saturated rings. The fraction of sp³-hybridized carbons (Fsp3) is 0.389. The van der Waals surface area contributed by atoms with Crippen LogP contribution in [0.4, 0.5) is 17.6 Å². The molecule has 1 saturated heterocycles. The number of para-hydroxylation sites is 1. The van der Waals surface area contributed by atoms with Crippen LogP contribution in [0.25, 0.3) is 11.2 Å². The van der Waals surface area contributed by atoms with Crippen LogP contribution >= 0.6 is 0 Å². The van der Waals surface area contributed by atoms with E-state index >= 15 is 0 Å².